The zero-order chi connectivity index (χ0) is 18.4. The molecule has 1 unspecified atom stereocenters. The summed E-state index contributed by atoms with van der Waals surface area (Å²) in [7, 11) is 0.979. The van der Waals surface area contributed by atoms with Gasteiger partial charge in [-0.2, -0.15) is 8.78 Å². The van der Waals surface area contributed by atoms with Crippen molar-refractivity contribution in [1.82, 2.24) is 5.32 Å². The molecule has 0 aliphatic carbocycles. The number of hydrogen-bond acceptors (Lipinski definition) is 4. The van der Waals surface area contributed by atoms with Crippen LogP contribution in [0.5, 0.6) is 0 Å². The van der Waals surface area contributed by atoms with E-state index in [1.807, 2.05) is 5.32 Å². The summed E-state index contributed by atoms with van der Waals surface area (Å²) in [5, 5.41) is 1.99. The van der Waals surface area contributed by atoms with Crippen LogP contribution < -0.4 is 5.32 Å². The van der Waals surface area contributed by atoms with Crippen LogP contribution in [0.4, 0.5) is 13.6 Å². The summed E-state index contributed by atoms with van der Waals surface area (Å²) in [6.45, 7) is 3.18. The molecule has 5 nitrogen and oxygen atoms in total. The number of alkyl halides is 3. The molecule has 0 saturated heterocycles. The average Bonchev–Trinajstić information content (AvgIpc) is 2.50. The summed E-state index contributed by atoms with van der Waals surface area (Å²) in [6.07, 6.45) is -1.47. The molecule has 1 rings (SSSR count). The van der Waals surface area contributed by atoms with Crippen molar-refractivity contribution in [2.75, 3.05) is 7.11 Å². The van der Waals surface area contributed by atoms with E-state index in [0.29, 0.717) is 5.56 Å². The predicted molar refractivity (Wildman–Crippen MR) is 87.8 cm³/mol. The zero-order valence-electron chi connectivity index (χ0n) is 13.6. The van der Waals surface area contributed by atoms with Crippen LogP contribution in [0.2, 0.25) is 0 Å². The monoisotopic (exact) mass is 407 g/mol. The smallest absolute Gasteiger partial charge is 0.408 e. The lowest BCUT2D eigenvalue weighted by Crippen LogP contribution is -2.64. The van der Waals surface area contributed by atoms with Gasteiger partial charge in [0.15, 0.2) is 0 Å². The molecule has 8 heteroatoms. The molecule has 0 saturated carbocycles. The van der Waals surface area contributed by atoms with Crippen molar-refractivity contribution < 1.29 is 27.8 Å². The van der Waals surface area contributed by atoms with Gasteiger partial charge in [-0.1, -0.05) is 44.2 Å². The van der Waals surface area contributed by atoms with Crippen molar-refractivity contribution in [3.63, 3.8) is 0 Å². The minimum Gasteiger partial charge on any atom is -0.467 e. The van der Waals surface area contributed by atoms with Crippen LogP contribution >= 0.6 is 15.9 Å². The highest BCUT2D eigenvalue weighted by atomic mass is 79.9. The molecule has 0 aliphatic heterocycles. The van der Waals surface area contributed by atoms with E-state index in [4.69, 9.17) is 4.74 Å². The fourth-order valence-corrected chi connectivity index (χ4v) is 2.63. The average molecular weight is 408 g/mol. The minimum absolute atomic E-state index is 0.112. The number of amides is 1. The summed E-state index contributed by atoms with van der Waals surface area (Å²) in [5.41, 5.74) is -1.88. The number of halogens is 3. The maximum Gasteiger partial charge on any atom is 0.408 e. The van der Waals surface area contributed by atoms with Crippen molar-refractivity contribution in [1.29, 1.82) is 0 Å². The zero-order valence-corrected chi connectivity index (χ0v) is 15.2. The number of carbonyl (C=O) groups is 2. The highest BCUT2D eigenvalue weighted by molar-refractivity contribution is 9.10. The number of carbonyl (C=O) groups excluding carboxylic acids is 2. The second-order valence-corrected chi connectivity index (χ2v) is 6.68. The molecule has 0 aliphatic rings. The fourth-order valence-electron chi connectivity index (χ4n) is 2.21. The topological polar surface area (TPSA) is 64.6 Å². The lowest BCUT2D eigenvalue weighted by Gasteiger charge is -2.36. The van der Waals surface area contributed by atoms with Crippen molar-refractivity contribution in [3.05, 3.63) is 35.9 Å². The van der Waals surface area contributed by atoms with E-state index in [-0.39, 0.29) is 18.9 Å². The molecular formula is C16H20BrF2NO4. The minimum atomic E-state index is -3.72. The van der Waals surface area contributed by atoms with Gasteiger partial charge in [0.25, 0.3) is 0 Å². The third-order valence-corrected chi connectivity index (χ3v) is 3.94. The Kier molecular flexibility index (Phi) is 7.13. The van der Waals surface area contributed by atoms with Crippen LogP contribution in [-0.2, 0) is 20.9 Å². The van der Waals surface area contributed by atoms with E-state index in [1.165, 1.54) is 0 Å². The quantitative estimate of drug-likeness (QED) is 0.550. The number of alkyl carbamates (subject to hydrolysis) is 1. The van der Waals surface area contributed by atoms with Crippen LogP contribution in [0.25, 0.3) is 0 Å². The fraction of sp³-hybridized carbons (Fsp3) is 0.500. The molecule has 0 radical (unpaired) electrons. The Bertz CT molecular complexity index is 563. The Balaban J connectivity index is 2.94. The second-order valence-electron chi connectivity index (χ2n) is 5.68. The van der Waals surface area contributed by atoms with Crippen molar-refractivity contribution >= 4 is 28.0 Å². The largest absolute Gasteiger partial charge is 0.467 e. The number of esters is 1. The standard InChI is InChI=1S/C16H20BrF2NO4/c1-11(2)9-15(13(21)23-3,16(17,18)19)20-14(22)24-10-12-7-5-4-6-8-12/h4-8,11H,9-10H2,1-3H3,(H,20,22). The first kappa shape index (κ1) is 20.3. The van der Waals surface area contributed by atoms with Crippen molar-refractivity contribution in [2.45, 2.75) is 37.2 Å². The van der Waals surface area contributed by atoms with Gasteiger partial charge in [-0.25, -0.2) is 9.59 Å². The molecule has 0 heterocycles. The third kappa shape index (κ3) is 5.15. The highest BCUT2D eigenvalue weighted by Gasteiger charge is 2.60. The normalized spacial score (nSPS) is 14.0. The number of nitrogens with one attached hydrogen (secondary N) is 1. The molecule has 1 aromatic carbocycles. The van der Waals surface area contributed by atoms with Gasteiger partial charge >= 0.3 is 16.9 Å². The first-order chi connectivity index (χ1) is 11.1. The van der Waals surface area contributed by atoms with Gasteiger partial charge in [0.1, 0.15) is 6.61 Å². The van der Waals surface area contributed by atoms with Crippen LogP contribution in [0.1, 0.15) is 25.8 Å². The predicted octanol–water partition coefficient (Wildman–Crippen LogP) is 3.86. The molecule has 0 spiro atoms. The Morgan fingerprint density at radius 2 is 1.83 bits per heavy atom. The summed E-state index contributed by atoms with van der Waals surface area (Å²) in [4.78, 5) is 20.3. The first-order valence-corrected chi connectivity index (χ1v) is 8.05. The maximum atomic E-state index is 14.1. The van der Waals surface area contributed by atoms with E-state index in [9.17, 15) is 18.4 Å². The van der Waals surface area contributed by atoms with Gasteiger partial charge < -0.3 is 9.47 Å². The lowest BCUT2D eigenvalue weighted by molar-refractivity contribution is -0.159. The molecular weight excluding hydrogens is 388 g/mol. The first-order valence-electron chi connectivity index (χ1n) is 7.26. The van der Waals surface area contributed by atoms with Crippen molar-refractivity contribution in [2.24, 2.45) is 5.92 Å². The van der Waals surface area contributed by atoms with Crippen molar-refractivity contribution in [3.8, 4) is 0 Å². The molecule has 0 aromatic heterocycles. The molecule has 134 valence electrons. The summed E-state index contributed by atoms with van der Waals surface area (Å²) in [6, 6.07) is 8.73. The summed E-state index contributed by atoms with van der Waals surface area (Å²) < 4.78 is 37.6. The van der Waals surface area contributed by atoms with Gasteiger partial charge in [0.05, 0.1) is 7.11 Å². The Morgan fingerprint density at radius 3 is 2.29 bits per heavy atom. The van der Waals surface area contributed by atoms with Crippen LogP contribution in [0, 0.1) is 5.92 Å². The van der Waals surface area contributed by atoms with E-state index < -0.39 is 22.4 Å². The molecule has 1 N–H and O–H groups in total. The molecule has 1 atom stereocenters. The van der Waals surface area contributed by atoms with Gasteiger partial charge in [0.2, 0.25) is 5.54 Å². The molecule has 24 heavy (non-hydrogen) atoms. The Hall–Kier alpha value is -1.70. The SMILES string of the molecule is COC(=O)C(CC(C)C)(NC(=O)OCc1ccccc1)C(F)(F)Br. The molecule has 0 fully saturated rings. The molecule has 1 aromatic rings. The molecule has 0 bridgehead atoms. The van der Waals surface area contributed by atoms with Crippen LogP contribution in [0.3, 0.4) is 0 Å². The molecule has 1 amide bonds. The number of benzene rings is 1. The number of hydrogen-bond donors (Lipinski definition) is 1. The van der Waals surface area contributed by atoms with E-state index in [2.05, 4.69) is 20.7 Å². The van der Waals surface area contributed by atoms with Crippen LogP contribution in [0.15, 0.2) is 30.3 Å². The van der Waals surface area contributed by atoms with Gasteiger partial charge in [-0.15, -0.1) is 0 Å². The van der Waals surface area contributed by atoms with Gasteiger partial charge in [0, 0.05) is 0 Å². The highest BCUT2D eigenvalue weighted by Crippen LogP contribution is 2.40. The summed E-state index contributed by atoms with van der Waals surface area (Å²) >= 11 is 2.19. The van der Waals surface area contributed by atoms with Gasteiger partial charge in [-0.05, 0) is 33.8 Å². The second kappa shape index (κ2) is 8.41. The van der Waals surface area contributed by atoms with E-state index >= 15 is 0 Å². The van der Waals surface area contributed by atoms with Crippen LogP contribution in [-0.4, -0.2) is 29.5 Å². The third-order valence-electron chi connectivity index (χ3n) is 3.26. The maximum absolute atomic E-state index is 14.1. The Labute approximate surface area is 147 Å². The lowest BCUT2D eigenvalue weighted by atomic mass is 9.89. The van der Waals surface area contributed by atoms with Gasteiger partial charge in [-0.3, -0.25) is 5.32 Å². The van der Waals surface area contributed by atoms with E-state index in [0.717, 1.165) is 7.11 Å². The number of rotatable bonds is 7. The number of ether oxygens (including phenoxy) is 2. The van der Waals surface area contributed by atoms with E-state index in [1.54, 1.807) is 44.2 Å². The number of methoxy groups -OCH3 is 1. The summed E-state index contributed by atoms with van der Waals surface area (Å²) in [5.74, 6) is -1.57. The Morgan fingerprint density at radius 1 is 1.25 bits per heavy atom.